The quantitative estimate of drug-likeness (QED) is 0.311. The second-order valence-corrected chi connectivity index (χ2v) is 9.95. The van der Waals surface area contributed by atoms with Gasteiger partial charge in [0.2, 0.25) is 11.2 Å². The van der Waals surface area contributed by atoms with Crippen LogP contribution in [-0.4, -0.2) is 36.8 Å². The van der Waals surface area contributed by atoms with E-state index in [4.69, 9.17) is 18.6 Å². The number of amides is 1. The first-order valence-electron chi connectivity index (χ1n) is 12.0. The molecule has 1 atom stereocenters. The third kappa shape index (κ3) is 7.58. The number of esters is 2. The molecule has 0 spiro atoms. The van der Waals surface area contributed by atoms with Crippen molar-refractivity contribution in [2.75, 3.05) is 7.11 Å². The fraction of sp³-hybridized carbons (Fsp3) is 0.357. The normalized spacial score (nSPS) is 12.1. The van der Waals surface area contributed by atoms with Crippen molar-refractivity contribution in [3.05, 3.63) is 64.5 Å². The number of hydrogen-bond donors (Lipinski definition) is 1. The van der Waals surface area contributed by atoms with Crippen molar-refractivity contribution in [1.29, 1.82) is 0 Å². The van der Waals surface area contributed by atoms with E-state index in [1.54, 1.807) is 20.8 Å². The molecule has 1 N–H and O–H groups in total. The molecule has 3 rings (SSSR count). The van der Waals surface area contributed by atoms with Gasteiger partial charge in [-0.1, -0.05) is 13.8 Å². The lowest BCUT2D eigenvalue weighted by molar-refractivity contribution is -0.137. The Bertz CT molecular complexity index is 1370. The molecule has 38 heavy (non-hydrogen) atoms. The molecule has 1 unspecified atom stereocenters. The van der Waals surface area contributed by atoms with Crippen LogP contribution >= 0.6 is 0 Å². The Hall–Kier alpha value is -4.34. The number of fused-ring (bicyclic) bond motifs is 1. The molecular weight excluding hydrogens is 494 g/mol. The van der Waals surface area contributed by atoms with Crippen LogP contribution in [0, 0.1) is 5.92 Å². The smallest absolute Gasteiger partial charge is 0.408 e. The lowest BCUT2D eigenvalue weighted by atomic mass is 10.0. The predicted octanol–water partition coefficient (Wildman–Crippen LogP) is 5.22. The van der Waals surface area contributed by atoms with E-state index in [9.17, 15) is 19.2 Å². The van der Waals surface area contributed by atoms with Gasteiger partial charge in [0.15, 0.2) is 0 Å². The van der Waals surface area contributed by atoms with Crippen LogP contribution in [0.25, 0.3) is 11.0 Å². The molecule has 202 valence electrons. The fourth-order valence-corrected chi connectivity index (χ4v) is 3.45. The summed E-state index contributed by atoms with van der Waals surface area (Å²) in [5.74, 6) is -0.684. The molecule has 0 aliphatic carbocycles. The molecule has 10 nitrogen and oxygen atoms in total. The molecule has 0 saturated carbocycles. The predicted molar refractivity (Wildman–Crippen MR) is 139 cm³/mol. The maximum Gasteiger partial charge on any atom is 0.408 e. The van der Waals surface area contributed by atoms with Gasteiger partial charge in [0.25, 0.3) is 0 Å². The first-order chi connectivity index (χ1) is 17.9. The van der Waals surface area contributed by atoms with Crippen LogP contribution in [0.1, 0.15) is 51.4 Å². The fourth-order valence-electron chi connectivity index (χ4n) is 3.45. The number of nitrogens with one attached hydrogen (secondary N) is 1. The number of rotatable bonds is 8. The van der Waals surface area contributed by atoms with Crippen LogP contribution in [0.3, 0.4) is 0 Å². The Morgan fingerprint density at radius 3 is 2.26 bits per heavy atom. The third-order valence-electron chi connectivity index (χ3n) is 5.12. The van der Waals surface area contributed by atoms with E-state index >= 15 is 0 Å². The number of ether oxygens (including phenoxy) is 4. The Kier molecular flexibility index (Phi) is 8.77. The summed E-state index contributed by atoms with van der Waals surface area (Å²) >= 11 is 0. The highest BCUT2D eigenvalue weighted by molar-refractivity contribution is 5.89. The molecule has 1 aromatic heterocycles. The Morgan fingerprint density at radius 1 is 1.00 bits per heavy atom. The largest absolute Gasteiger partial charge is 0.465 e. The van der Waals surface area contributed by atoms with Gasteiger partial charge in [-0.25, -0.2) is 14.4 Å². The maximum atomic E-state index is 12.9. The van der Waals surface area contributed by atoms with Crippen LogP contribution in [0.2, 0.25) is 0 Å². The van der Waals surface area contributed by atoms with Crippen molar-refractivity contribution in [3.8, 4) is 17.2 Å². The van der Waals surface area contributed by atoms with Crippen molar-refractivity contribution < 1.29 is 37.7 Å². The summed E-state index contributed by atoms with van der Waals surface area (Å²) < 4.78 is 26.6. The minimum atomic E-state index is -0.936. The molecule has 0 aliphatic rings. The van der Waals surface area contributed by atoms with Gasteiger partial charge in [-0.05, 0) is 69.5 Å². The van der Waals surface area contributed by atoms with Gasteiger partial charge in [0, 0.05) is 6.07 Å². The number of methoxy groups -OCH3 is 1. The summed E-state index contributed by atoms with van der Waals surface area (Å²) in [7, 11) is 1.28. The SMILES string of the molecule is COC(=O)c1ccc(Oc2coc3cc(OC(=O)C(CC(C)C)NC(=O)OC(C)(C)C)ccc3c2=O)cc1. The topological polar surface area (TPSA) is 130 Å². The van der Waals surface area contributed by atoms with E-state index in [1.165, 1.54) is 49.6 Å². The Labute approximate surface area is 219 Å². The first-order valence-corrected chi connectivity index (χ1v) is 12.0. The molecule has 0 aliphatic heterocycles. The van der Waals surface area contributed by atoms with Gasteiger partial charge in [-0.3, -0.25) is 4.79 Å². The number of alkyl carbamates (subject to hydrolysis) is 1. The van der Waals surface area contributed by atoms with Crippen LogP contribution in [0.15, 0.2) is 57.9 Å². The summed E-state index contributed by atoms with van der Waals surface area (Å²) in [6.07, 6.45) is 0.759. The van der Waals surface area contributed by atoms with Crippen molar-refractivity contribution in [1.82, 2.24) is 5.32 Å². The van der Waals surface area contributed by atoms with E-state index in [0.29, 0.717) is 17.7 Å². The van der Waals surface area contributed by atoms with E-state index in [-0.39, 0.29) is 28.4 Å². The molecule has 1 amide bonds. The van der Waals surface area contributed by atoms with Gasteiger partial charge in [-0.15, -0.1) is 0 Å². The third-order valence-corrected chi connectivity index (χ3v) is 5.12. The van der Waals surface area contributed by atoms with Gasteiger partial charge in [0.05, 0.1) is 18.1 Å². The van der Waals surface area contributed by atoms with Gasteiger partial charge in [0.1, 0.15) is 35.0 Å². The van der Waals surface area contributed by atoms with Gasteiger partial charge < -0.3 is 28.7 Å². The summed E-state index contributed by atoms with van der Waals surface area (Å²) in [4.78, 5) is 49.6. The maximum absolute atomic E-state index is 12.9. The Morgan fingerprint density at radius 2 is 1.66 bits per heavy atom. The molecule has 0 saturated heterocycles. The number of carbonyl (C=O) groups is 3. The standard InChI is InChI=1S/C28H31NO9/c1-16(2)13-21(29-27(33)38-28(3,4)5)26(32)37-19-11-12-20-22(14-19)35-15-23(24(20)30)36-18-9-7-17(8-10-18)25(31)34-6/h7-12,14-16,21H,13H2,1-6H3,(H,29,33). The lowest BCUT2D eigenvalue weighted by Gasteiger charge is -2.23. The molecule has 10 heteroatoms. The summed E-state index contributed by atoms with van der Waals surface area (Å²) in [5.41, 5.74) is -0.648. The molecule has 1 heterocycles. The van der Waals surface area contributed by atoms with Gasteiger partial charge in [-0.2, -0.15) is 0 Å². The van der Waals surface area contributed by atoms with Crippen molar-refractivity contribution in [2.45, 2.75) is 52.7 Å². The summed E-state index contributed by atoms with van der Waals surface area (Å²) in [5, 5.41) is 2.77. The average Bonchev–Trinajstić information content (AvgIpc) is 2.84. The second kappa shape index (κ2) is 11.8. The highest BCUT2D eigenvalue weighted by Crippen LogP contribution is 2.25. The average molecular weight is 526 g/mol. The van der Waals surface area contributed by atoms with Crippen molar-refractivity contribution >= 4 is 29.0 Å². The molecule has 0 bridgehead atoms. The molecule has 2 aromatic carbocycles. The molecule has 3 aromatic rings. The van der Waals surface area contributed by atoms with Gasteiger partial charge >= 0.3 is 18.0 Å². The Balaban J connectivity index is 1.76. The summed E-state index contributed by atoms with van der Waals surface area (Å²) in [6, 6.07) is 9.44. The van der Waals surface area contributed by atoms with Crippen molar-refractivity contribution in [2.24, 2.45) is 5.92 Å². The number of hydrogen-bond acceptors (Lipinski definition) is 9. The summed E-state index contributed by atoms with van der Waals surface area (Å²) in [6.45, 7) is 9.00. The minimum Gasteiger partial charge on any atom is -0.465 e. The minimum absolute atomic E-state index is 0.0633. The monoisotopic (exact) mass is 525 g/mol. The second-order valence-electron chi connectivity index (χ2n) is 9.95. The number of carbonyl (C=O) groups excluding carboxylic acids is 3. The highest BCUT2D eigenvalue weighted by Gasteiger charge is 2.27. The van der Waals surface area contributed by atoms with Crippen LogP contribution in [0.4, 0.5) is 4.79 Å². The van der Waals surface area contributed by atoms with E-state index < -0.39 is 35.1 Å². The molecule has 0 radical (unpaired) electrons. The van der Waals surface area contributed by atoms with Crippen LogP contribution in [-0.2, 0) is 14.3 Å². The zero-order valence-electron chi connectivity index (χ0n) is 22.2. The first kappa shape index (κ1) is 28.2. The van der Waals surface area contributed by atoms with Crippen LogP contribution in [0.5, 0.6) is 17.2 Å². The zero-order chi connectivity index (χ0) is 28.0. The van der Waals surface area contributed by atoms with Crippen LogP contribution < -0.4 is 20.2 Å². The van der Waals surface area contributed by atoms with E-state index in [2.05, 4.69) is 10.1 Å². The molecule has 0 fully saturated rings. The lowest BCUT2D eigenvalue weighted by Crippen LogP contribution is -2.45. The van der Waals surface area contributed by atoms with E-state index in [1.807, 2.05) is 13.8 Å². The molecular formula is C28H31NO9. The highest BCUT2D eigenvalue weighted by atomic mass is 16.6. The number of benzene rings is 2. The van der Waals surface area contributed by atoms with Crippen molar-refractivity contribution in [3.63, 3.8) is 0 Å². The van der Waals surface area contributed by atoms with E-state index in [0.717, 1.165) is 6.26 Å². The zero-order valence-corrected chi connectivity index (χ0v) is 22.2.